The Morgan fingerprint density at radius 3 is 2.70 bits per heavy atom. The molecule has 8 heteroatoms. The van der Waals surface area contributed by atoms with Gasteiger partial charge in [0, 0.05) is 23.0 Å². The highest BCUT2D eigenvalue weighted by Gasteiger charge is 2.07. The van der Waals surface area contributed by atoms with E-state index in [1.165, 1.54) is 0 Å². The zero-order chi connectivity index (χ0) is 13.7. The molecule has 0 fully saturated rings. The number of rotatable bonds is 5. The van der Waals surface area contributed by atoms with Gasteiger partial charge in [-0.3, -0.25) is 9.89 Å². The van der Waals surface area contributed by atoms with Crippen LogP contribution in [-0.4, -0.2) is 27.6 Å². The molecule has 0 bridgehead atoms. The van der Waals surface area contributed by atoms with Gasteiger partial charge in [0.15, 0.2) is 5.82 Å². The van der Waals surface area contributed by atoms with Crippen LogP contribution < -0.4 is 11.1 Å². The van der Waals surface area contributed by atoms with E-state index >= 15 is 0 Å². The van der Waals surface area contributed by atoms with E-state index in [1.54, 1.807) is 0 Å². The van der Waals surface area contributed by atoms with Gasteiger partial charge in [0.05, 0.1) is 6.54 Å². The lowest BCUT2D eigenvalue weighted by Crippen LogP contribution is -2.25. The number of aromatic nitrogens is 3. The van der Waals surface area contributed by atoms with E-state index in [-0.39, 0.29) is 18.3 Å². The molecule has 0 saturated carbocycles. The maximum Gasteiger partial charge on any atom is 0.221 e. The average Bonchev–Trinajstić information content (AvgIpc) is 2.86. The van der Waals surface area contributed by atoms with Gasteiger partial charge in [-0.15, -0.1) is 12.4 Å². The SMILES string of the molecule is Cl.NCCC(=O)NCc1nc(-c2ccc(Br)cc2)n[nH]1. The van der Waals surface area contributed by atoms with E-state index in [0.717, 1.165) is 10.0 Å². The van der Waals surface area contributed by atoms with Crippen LogP contribution in [0.5, 0.6) is 0 Å². The summed E-state index contributed by atoms with van der Waals surface area (Å²) in [4.78, 5) is 15.6. The summed E-state index contributed by atoms with van der Waals surface area (Å²) in [6.07, 6.45) is 0.313. The van der Waals surface area contributed by atoms with Gasteiger partial charge in [-0.2, -0.15) is 5.10 Å². The number of carbonyl (C=O) groups is 1. The van der Waals surface area contributed by atoms with Crippen molar-refractivity contribution in [1.82, 2.24) is 20.5 Å². The van der Waals surface area contributed by atoms with Crippen molar-refractivity contribution in [2.45, 2.75) is 13.0 Å². The number of hydrogen-bond acceptors (Lipinski definition) is 4. The molecule has 108 valence electrons. The molecule has 20 heavy (non-hydrogen) atoms. The lowest BCUT2D eigenvalue weighted by Gasteiger charge is -2.00. The summed E-state index contributed by atoms with van der Waals surface area (Å²) in [5.41, 5.74) is 6.21. The molecule has 2 aromatic rings. The number of nitrogens with two attached hydrogens (primary N) is 1. The molecule has 6 nitrogen and oxygen atoms in total. The predicted molar refractivity (Wildman–Crippen MR) is 82.3 cm³/mol. The van der Waals surface area contributed by atoms with Crippen molar-refractivity contribution in [3.63, 3.8) is 0 Å². The second kappa shape index (κ2) is 7.98. The fraction of sp³-hybridized carbons (Fsp3) is 0.250. The third-order valence-corrected chi connectivity index (χ3v) is 2.99. The Labute approximate surface area is 131 Å². The van der Waals surface area contributed by atoms with Gasteiger partial charge in [-0.25, -0.2) is 4.98 Å². The molecule has 1 aromatic carbocycles. The summed E-state index contributed by atoms with van der Waals surface area (Å²) < 4.78 is 1.00. The van der Waals surface area contributed by atoms with Crippen LogP contribution in [0.3, 0.4) is 0 Å². The zero-order valence-electron chi connectivity index (χ0n) is 10.6. The minimum Gasteiger partial charge on any atom is -0.349 e. The smallest absolute Gasteiger partial charge is 0.221 e. The average molecular weight is 361 g/mol. The molecule has 0 aliphatic rings. The maximum atomic E-state index is 11.3. The molecular formula is C12H15BrClN5O. The Bertz CT molecular complexity index is 557. The maximum absolute atomic E-state index is 11.3. The van der Waals surface area contributed by atoms with Crippen molar-refractivity contribution < 1.29 is 4.79 Å². The number of aromatic amines is 1. The van der Waals surface area contributed by atoms with Gasteiger partial charge in [0.2, 0.25) is 5.91 Å². The summed E-state index contributed by atoms with van der Waals surface area (Å²) in [6, 6.07) is 7.69. The van der Waals surface area contributed by atoms with E-state index in [2.05, 4.69) is 36.4 Å². The van der Waals surface area contributed by atoms with Crippen LogP contribution in [0, 0.1) is 0 Å². The zero-order valence-corrected chi connectivity index (χ0v) is 13.0. The minimum atomic E-state index is -0.0934. The molecule has 0 spiro atoms. The second-order valence-corrected chi connectivity index (χ2v) is 4.84. The van der Waals surface area contributed by atoms with Crippen molar-refractivity contribution in [2.24, 2.45) is 5.73 Å². The van der Waals surface area contributed by atoms with Gasteiger partial charge >= 0.3 is 0 Å². The quantitative estimate of drug-likeness (QED) is 0.755. The van der Waals surface area contributed by atoms with Crippen molar-refractivity contribution in [3.05, 3.63) is 34.6 Å². The molecule has 0 aliphatic carbocycles. The summed E-state index contributed by atoms with van der Waals surface area (Å²) in [5.74, 6) is 1.13. The molecule has 1 amide bonds. The first-order valence-electron chi connectivity index (χ1n) is 5.83. The first-order chi connectivity index (χ1) is 9.19. The van der Waals surface area contributed by atoms with Crippen LogP contribution in [-0.2, 0) is 11.3 Å². The fourth-order valence-electron chi connectivity index (χ4n) is 1.50. The van der Waals surface area contributed by atoms with Crippen LogP contribution >= 0.6 is 28.3 Å². The lowest BCUT2D eigenvalue weighted by molar-refractivity contribution is -0.121. The Hall–Kier alpha value is -1.44. The molecule has 0 radical (unpaired) electrons. The molecule has 1 aromatic heterocycles. The third-order valence-electron chi connectivity index (χ3n) is 2.46. The first-order valence-corrected chi connectivity index (χ1v) is 6.62. The Morgan fingerprint density at radius 2 is 2.05 bits per heavy atom. The summed E-state index contributed by atoms with van der Waals surface area (Å²) in [7, 11) is 0. The number of nitrogens with one attached hydrogen (secondary N) is 2. The summed E-state index contributed by atoms with van der Waals surface area (Å²) in [6.45, 7) is 0.661. The van der Waals surface area contributed by atoms with Crippen LogP contribution in [0.1, 0.15) is 12.2 Å². The second-order valence-electron chi connectivity index (χ2n) is 3.93. The molecular weight excluding hydrogens is 346 g/mol. The van der Waals surface area contributed by atoms with Gasteiger partial charge in [0.1, 0.15) is 5.82 Å². The largest absolute Gasteiger partial charge is 0.349 e. The van der Waals surface area contributed by atoms with Crippen LogP contribution in [0.25, 0.3) is 11.4 Å². The van der Waals surface area contributed by atoms with E-state index in [1.807, 2.05) is 24.3 Å². The van der Waals surface area contributed by atoms with E-state index in [0.29, 0.717) is 31.2 Å². The number of nitrogens with zero attached hydrogens (tertiary/aromatic N) is 2. The molecule has 2 rings (SSSR count). The Morgan fingerprint density at radius 1 is 1.35 bits per heavy atom. The Kier molecular flexibility index (Phi) is 6.63. The van der Waals surface area contributed by atoms with Crippen molar-refractivity contribution in [3.8, 4) is 11.4 Å². The molecule has 0 unspecified atom stereocenters. The summed E-state index contributed by atoms with van der Waals surface area (Å²) in [5, 5.41) is 9.62. The number of amides is 1. The highest BCUT2D eigenvalue weighted by molar-refractivity contribution is 9.10. The standard InChI is InChI=1S/C12H14BrN5O.ClH/c13-9-3-1-8(2-4-9)12-16-10(17-18-12)7-15-11(19)5-6-14;/h1-4H,5-7,14H2,(H,15,19)(H,16,17,18);1H. The van der Waals surface area contributed by atoms with Crippen LogP contribution in [0.15, 0.2) is 28.7 Å². The predicted octanol–water partition coefficient (Wildman–Crippen LogP) is 1.62. The fourth-order valence-corrected chi connectivity index (χ4v) is 1.77. The van der Waals surface area contributed by atoms with Crippen molar-refractivity contribution >= 4 is 34.2 Å². The van der Waals surface area contributed by atoms with Crippen molar-refractivity contribution in [1.29, 1.82) is 0 Å². The normalized spacial score (nSPS) is 9.90. The molecule has 4 N–H and O–H groups in total. The van der Waals surface area contributed by atoms with Gasteiger partial charge in [0.25, 0.3) is 0 Å². The number of benzene rings is 1. The molecule has 0 atom stereocenters. The van der Waals surface area contributed by atoms with Gasteiger partial charge in [-0.05, 0) is 12.1 Å². The monoisotopic (exact) mass is 359 g/mol. The number of halogens is 2. The molecule has 1 heterocycles. The number of carbonyl (C=O) groups excluding carboxylic acids is 1. The van der Waals surface area contributed by atoms with E-state index in [9.17, 15) is 4.79 Å². The topological polar surface area (TPSA) is 96.7 Å². The summed E-state index contributed by atoms with van der Waals surface area (Å²) >= 11 is 3.37. The van der Waals surface area contributed by atoms with E-state index < -0.39 is 0 Å². The van der Waals surface area contributed by atoms with Gasteiger partial charge < -0.3 is 11.1 Å². The lowest BCUT2D eigenvalue weighted by atomic mass is 10.2. The number of H-pyrrole nitrogens is 1. The highest BCUT2D eigenvalue weighted by Crippen LogP contribution is 2.18. The van der Waals surface area contributed by atoms with Crippen molar-refractivity contribution in [2.75, 3.05) is 6.54 Å². The minimum absolute atomic E-state index is 0. The molecule has 0 aliphatic heterocycles. The van der Waals surface area contributed by atoms with Crippen LogP contribution in [0.2, 0.25) is 0 Å². The Balaban J connectivity index is 0.00000200. The highest BCUT2D eigenvalue weighted by atomic mass is 79.9. The van der Waals surface area contributed by atoms with Crippen LogP contribution in [0.4, 0.5) is 0 Å². The van der Waals surface area contributed by atoms with E-state index in [4.69, 9.17) is 5.73 Å². The third kappa shape index (κ3) is 4.59. The van der Waals surface area contributed by atoms with Gasteiger partial charge in [-0.1, -0.05) is 28.1 Å². The first kappa shape index (κ1) is 16.6. The molecule has 0 saturated heterocycles. The number of hydrogen-bond donors (Lipinski definition) is 3.